The molecule has 0 radical (unpaired) electrons. The molecule has 0 rings (SSSR count). The number of carbonyl (C=O) groups excluding carboxylic acids is 1. The van der Waals surface area contributed by atoms with Gasteiger partial charge >= 0.3 is 0 Å². The molecule has 5 nitrogen and oxygen atoms in total. The van der Waals surface area contributed by atoms with Crippen molar-refractivity contribution in [3.05, 3.63) is 0 Å². The number of nitrogens with one attached hydrogen (secondary N) is 2. The molecule has 0 aromatic heterocycles. The van der Waals surface area contributed by atoms with Crippen molar-refractivity contribution < 1.29 is 9.53 Å². The minimum Gasteiger partial charge on any atom is -0.383 e. The molecular weight excluding hydrogens is 206 g/mol. The number of ether oxygens (including phenoxy) is 1. The summed E-state index contributed by atoms with van der Waals surface area (Å²) in [5.74, 6) is 0.0439. The molecule has 0 aliphatic carbocycles. The highest BCUT2D eigenvalue weighted by atomic mass is 16.5. The summed E-state index contributed by atoms with van der Waals surface area (Å²) in [7, 11) is 5.70. The predicted octanol–water partition coefficient (Wildman–Crippen LogP) is -0.321. The van der Waals surface area contributed by atoms with Gasteiger partial charge in [-0.2, -0.15) is 0 Å². The monoisotopic (exact) mass is 231 g/mol. The highest BCUT2D eigenvalue weighted by molar-refractivity contribution is 5.78. The maximum absolute atomic E-state index is 11.4. The molecule has 0 aliphatic heterocycles. The Morgan fingerprint density at radius 3 is 2.69 bits per heavy atom. The van der Waals surface area contributed by atoms with Gasteiger partial charge < -0.3 is 20.3 Å². The van der Waals surface area contributed by atoms with Gasteiger partial charge in [0.2, 0.25) is 5.91 Å². The zero-order chi connectivity index (χ0) is 12.4. The zero-order valence-corrected chi connectivity index (χ0v) is 10.9. The molecule has 96 valence electrons. The average Bonchev–Trinajstić information content (AvgIpc) is 2.21. The van der Waals surface area contributed by atoms with E-state index < -0.39 is 0 Å². The lowest BCUT2D eigenvalue weighted by Crippen LogP contribution is -2.40. The van der Waals surface area contributed by atoms with Crippen molar-refractivity contribution in [2.24, 2.45) is 0 Å². The molecule has 0 fully saturated rings. The molecule has 1 amide bonds. The van der Waals surface area contributed by atoms with Gasteiger partial charge in [-0.25, -0.2) is 0 Å². The Bertz CT molecular complexity index is 186. The number of hydrogen-bond acceptors (Lipinski definition) is 4. The van der Waals surface area contributed by atoms with Gasteiger partial charge in [0.05, 0.1) is 13.2 Å². The molecule has 0 aromatic carbocycles. The maximum Gasteiger partial charge on any atom is 0.234 e. The smallest absolute Gasteiger partial charge is 0.234 e. The SMILES string of the molecule is COCCNCC(=O)NC(C)CCN(C)C. The van der Waals surface area contributed by atoms with Gasteiger partial charge in [-0.15, -0.1) is 0 Å². The quantitative estimate of drug-likeness (QED) is 0.534. The first-order valence-electron chi connectivity index (χ1n) is 5.70. The van der Waals surface area contributed by atoms with Gasteiger partial charge in [-0.3, -0.25) is 4.79 Å². The summed E-state index contributed by atoms with van der Waals surface area (Å²) in [5, 5.41) is 5.95. The Morgan fingerprint density at radius 1 is 1.44 bits per heavy atom. The Kier molecular flexibility index (Phi) is 9.18. The highest BCUT2D eigenvalue weighted by Gasteiger charge is 2.06. The van der Waals surface area contributed by atoms with E-state index in [9.17, 15) is 4.79 Å². The van der Waals surface area contributed by atoms with Crippen molar-refractivity contribution in [2.45, 2.75) is 19.4 Å². The highest BCUT2D eigenvalue weighted by Crippen LogP contribution is 1.91. The van der Waals surface area contributed by atoms with E-state index in [1.54, 1.807) is 7.11 Å². The van der Waals surface area contributed by atoms with Gasteiger partial charge in [0.1, 0.15) is 0 Å². The standard InChI is InChI=1S/C11H25N3O2/c1-10(5-7-14(2)3)13-11(15)9-12-6-8-16-4/h10,12H,5-9H2,1-4H3,(H,13,15). The zero-order valence-electron chi connectivity index (χ0n) is 10.9. The van der Waals surface area contributed by atoms with Crippen LogP contribution in [-0.2, 0) is 9.53 Å². The first-order chi connectivity index (χ1) is 7.56. The third-order valence-electron chi connectivity index (χ3n) is 2.19. The first kappa shape index (κ1) is 15.3. The van der Waals surface area contributed by atoms with Crippen LogP contribution in [0, 0.1) is 0 Å². The molecule has 16 heavy (non-hydrogen) atoms. The third-order valence-corrected chi connectivity index (χ3v) is 2.19. The topological polar surface area (TPSA) is 53.6 Å². The second-order valence-electron chi connectivity index (χ2n) is 4.23. The Labute approximate surface area is 98.5 Å². The fourth-order valence-electron chi connectivity index (χ4n) is 1.23. The maximum atomic E-state index is 11.4. The van der Waals surface area contributed by atoms with Crippen LogP contribution in [0.25, 0.3) is 0 Å². The number of rotatable bonds is 9. The lowest BCUT2D eigenvalue weighted by Gasteiger charge is -2.16. The average molecular weight is 231 g/mol. The van der Waals surface area contributed by atoms with Crippen LogP contribution in [0.5, 0.6) is 0 Å². The molecule has 0 bridgehead atoms. The molecule has 1 atom stereocenters. The molecule has 0 aliphatic rings. The van der Waals surface area contributed by atoms with Crippen LogP contribution in [0.2, 0.25) is 0 Å². The number of carbonyl (C=O) groups is 1. The lowest BCUT2D eigenvalue weighted by atomic mass is 10.2. The molecule has 0 aromatic rings. The van der Waals surface area contributed by atoms with Crippen molar-refractivity contribution >= 4 is 5.91 Å². The van der Waals surface area contributed by atoms with Crippen LogP contribution in [-0.4, -0.2) is 64.3 Å². The van der Waals surface area contributed by atoms with Gasteiger partial charge in [0.25, 0.3) is 0 Å². The van der Waals surface area contributed by atoms with Gasteiger partial charge in [0.15, 0.2) is 0 Å². The summed E-state index contributed by atoms with van der Waals surface area (Å²) in [6, 6.07) is 0.221. The summed E-state index contributed by atoms with van der Waals surface area (Å²) in [5.41, 5.74) is 0. The van der Waals surface area contributed by atoms with Gasteiger partial charge in [0, 0.05) is 19.7 Å². The number of methoxy groups -OCH3 is 1. The van der Waals surface area contributed by atoms with Crippen molar-refractivity contribution in [3.63, 3.8) is 0 Å². The van der Waals surface area contributed by atoms with E-state index in [0.717, 1.165) is 13.0 Å². The van der Waals surface area contributed by atoms with Crippen LogP contribution in [0.1, 0.15) is 13.3 Å². The molecular formula is C11H25N3O2. The normalized spacial score (nSPS) is 12.8. The minimum atomic E-state index is 0.0439. The van der Waals surface area contributed by atoms with Crippen LogP contribution in [0.15, 0.2) is 0 Å². The van der Waals surface area contributed by atoms with Gasteiger partial charge in [-0.05, 0) is 34.0 Å². The number of amides is 1. The summed E-state index contributed by atoms with van der Waals surface area (Å²) >= 11 is 0. The fourth-order valence-corrected chi connectivity index (χ4v) is 1.23. The van der Waals surface area contributed by atoms with E-state index in [4.69, 9.17) is 4.74 Å². The largest absolute Gasteiger partial charge is 0.383 e. The molecule has 2 N–H and O–H groups in total. The van der Waals surface area contributed by atoms with E-state index in [2.05, 4.69) is 15.5 Å². The molecule has 0 saturated carbocycles. The minimum absolute atomic E-state index is 0.0439. The van der Waals surface area contributed by atoms with E-state index in [1.165, 1.54) is 0 Å². The van der Waals surface area contributed by atoms with Crippen LogP contribution < -0.4 is 10.6 Å². The summed E-state index contributed by atoms with van der Waals surface area (Å²) in [6.45, 7) is 4.70. The van der Waals surface area contributed by atoms with Crippen LogP contribution in [0.4, 0.5) is 0 Å². The van der Waals surface area contributed by atoms with Crippen LogP contribution in [0.3, 0.4) is 0 Å². The van der Waals surface area contributed by atoms with Crippen molar-refractivity contribution in [1.82, 2.24) is 15.5 Å². The van der Waals surface area contributed by atoms with E-state index in [0.29, 0.717) is 19.7 Å². The van der Waals surface area contributed by atoms with Crippen molar-refractivity contribution in [3.8, 4) is 0 Å². The second-order valence-corrected chi connectivity index (χ2v) is 4.23. The third kappa shape index (κ3) is 9.89. The lowest BCUT2D eigenvalue weighted by molar-refractivity contribution is -0.120. The second kappa shape index (κ2) is 9.57. The Morgan fingerprint density at radius 2 is 2.12 bits per heavy atom. The molecule has 0 saturated heterocycles. The Balaban J connectivity index is 3.46. The van der Waals surface area contributed by atoms with Crippen LogP contribution >= 0.6 is 0 Å². The summed E-state index contributed by atoms with van der Waals surface area (Å²) in [6.07, 6.45) is 0.969. The molecule has 0 heterocycles. The number of nitrogens with zero attached hydrogens (tertiary/aromatic N) is 1. The Hall–Kier alpha value is -0.650. The number of hydrogen-bond donors (Lipinski definition) is 2. The fraction of sp³-hybridized carbons (Fsp3) is 0.909. The summed E-state index contributed by atoms with van der Waals surface area (Å²) in [4.78, 5) is 13.5. The summed E-state index contributed by atoms with van der Waals surface area (Å²) < 4.78 is 4.87. The molecule has 0 spiro atoms. The molecule has 5 heteroatoms. The first-order valence-corrected chi connectivity index (χ1v) is 5.70. The van der Waals surface area contributed by atoms with E-state index in [-0.39, 0.29) is 11.9 Å². The van der Waals surface area contributed by atoms with Crippen molar-refractivity contribution in [2.75, 3.05) is 47.4 Å². The predicted molar refractivity (Wildman–Crippen MR) is 65.5 cm³/mol. The van der Waals surface area contributed by atoms with E-state index >= 15 is 0 Å². The van der Waals surface area contributed by atoms with Crippen molar-refractivity contribution in [1.29, 1.82) is 0 Å². The van der Waals surface area contributed by atoms with E-state index in [1.807, 2.05) is 21.0 Å². The molecule has 1 unspecified atom stereocenters. The van der Waals surface area contributed by atoms with Gasteiger partial charge in [-0.1, -0.05) is 0 Å².